The van der Waals surface area contributed by atoms with Gasteiger partial charge in [0.15, 0.2) is 10.9 Å². The summed E-state index contributed by atoms with van der Waals surface area (Å²) < 4.78 is 15.6. The number of aryl methyl sites for hydroxylation is 1. The van der Waals surface area contributed by atoms with Crippen LogP contribution >= 0.6 is 23.8 Å². The van der Waals surface area contributed by atoms with Gasteiger partial charge in [-0.15, -0.1) is 0 Å². The fourth-order valence-electron chi connectivity index (χ4n) is 2.02. The largest absolute Gasteiger partial charge is 0.362 e. The fourth-order valence-corrected chi connectivity index (χ4v) is 2.43. The first-order valence-electron chi connectivity index (χ1n) is 7.39. The van der Waals surface area contributed by atoms with Crippen molar-refractivity contribution in [3.63, 3.8) is 0 Å². The second kappa shape index (κ2) is 7.75. The molecule has 1 heterocycles. The summed E-state index contributed by atoms with van der Waals surface area (Å²) in [6, 6.07) is 6.51. The Morgan fingerprint density at radius 2 is 2.17 bits per heavy atom. The Morgan fingerprint density at radius 1 is 1.43 bits per heavy atom. The number of halogens is 2. The Bertz CT molecular complexity index is 679. The Kier molecular flexibility index (Phi) is 5.96. The highest BCUT2D eigenvalue weighted by Crippen LogP contribution is 2.21. The summed E-state index contributed by atoms with van der Waals surface area (Å²) in [5.74, 6) is 0.782. The van der Waals surface area contributed by atoms with E-state index in [0.29, 0.717) is 27.4 Å². The van der Waals surface area contributed by atoms with Gasteiger partial charge in [0.2, 0.25) is 0 Å². The number of nitrogens with zero attached hydrogens (tertiary/aromatic N) is 2. The summed E-state index contributed by atoms with van der Waals surface area (Å²) in [6.45, 7) is 7.17. The molecule has 0 atom stereocenters. The van der Waals surface area contributed by atoms with E-state index in [1.165, 1.54) is 6.07 Å². The van der Waals surface area contributed by atoms with Crippen molar-refractivity contribution in [2.24, 2.45) is 5.92 Å². The van der Waals surface area contributed by atoms with Crippen LogP contribution in [-0.4, -0.2) is 21.4 Å². The molecule has 0 unspecified atom stereocenters. The van der Waals surface area contributed by atoms with Gasteiger partial charge in [-0.1, -0.05) is 31.5 Å². The molecular formula is C16H20ClFN4S. The Balaban J connectivity index is 2.08. The lowest BCUT2D eigenvalue weighted by Crippen LogP contribution is -2.31. The molecule has 4 nitrogen and oxygen atoms in total. The van der Waals surface area contributed by atoms with Crippen molar-refractivity contribution in [1.82, 2.24) is 15.1 Å². The number of aromatic nitrogens is 2. The maximum Gasteiger partial charge on any atom is 0.171 e. The average molecular weight is 355 g/mol. The van der Waals surface area contributed by atoms with Crippen molar-refractivity contribution in [1.29, 1.82) is 0 Å². The standard InChI is InChI=1S/C16H20ClFN4S/c1-10(2)8-19-16(23)20-15-7-11(3)22(21-15)9-12-13(17)5-4-6-14(12)18/h4-7,10H,8-9H2,1-3H3,(H2,19,20,21,23). The van der Waals surface area contributed by atoms with Crippen LogP contribution in [0.15, 0.2) is 24.3 Å². The number of nitrogens with one attached hydrogen (secondary N) is 2. The zero-order valence-corrected chi connectivity index (χ0v) is 14.9. The first kappa shape index (κ1) is 17.7. The van der Waals surface area contributed by atoms with Crippen molar-refractivity contribution in [2.45, 2.75) is 27.3 Å². The first-order chi connectivity index (χ1) is 10.9. The summed E-state index contributed by atoms with van der Waals surface area (Å²) in [4.78, 5) is 0. The van der Waals surface area contributed by atoms with Crippen LogP contribution in [0.25, 0.3) is 0 Å². The molecule has 2 N–H and O–H groups in total. The zero-order chi connectivity index (χ0) is 17.0. The van der Waals surface area contributed by atoms with Crippen molar-refractivity contribution in [3.05, 3.63) is 46.4 Å². The fraction of sp³-hybridized carbons (Fsp3) is 0.375. The summed E-state index contributed by atoms with van der Waals surface area (Å²) in [5.41, 5.74) is 1.31. The SMILES string of the molecule is Cc1cc(NC(=S)NCC(C)C)nn1Cc1c(F)cccc1Cl. The van der Waals surface area contributed by atoms with E-state index in [0.717, 1.165) is 12.2 Å². The van der Waals surface area contributed by atoms with Gasteiger partial charge in [-0.05, 0) is 37.2 Å². The predicted molar refractivity (Wildman–Crippen MR) is 96.5 cm³/mol. The van der Waals surface area contributed by atoms with Crippen LogP contribution < -0.4 is 10.6 Å². The van der Waals surface area contributed by atoms with E-state index in [1.807, 2.05) is 13.0 Å². The van der Waals surface area contributed by atoms with Crippen LogP contribution in [0.1, 0.15) is 25.1 Å². The topological polar surface area (TPSA) is 41.9 Å². The van der Waals surface area contributed by atoms with Gasteiger partial charge in [0.05, 0.1) is 6.54 Å². The lowest BCUT2D eigenvalue weighted by molar-refractivity contribution is 0.581. The number of anilines is 1. The molecule has 0 saturated heterocycles. The van der Waals surface area contributed by atoms with Crippen LogP contribution in [0.2, 0.25) is 5.02 Å². The molecule has 23 heavy (non-hydrogen) atoms. The molecule has 0 aliphatic rings. The summed E-state index contributed by atoms with van der Waals surface area (Å²) >= 11 is 11.3. The Morgan fingerprint density at radius 3 is 2.83 bits per heavy atom. The van der Waals surface area contributed by atoms with Crippen LogP contribution in [0, 0.1) is 18.7 Å². The molecule has 0 bridgehead atoms. The highest BCUT2D eigenvalue weighted by atomic mass is 35.5. The van der Waals surface area contributed by atoms with E-state index in [4.69, 9.17) is 23.8 Å². The zero-order valence-electron chi connectivity index (χ0n) is 13.4. The van der Waals surface area contributed by atoms with Crippen molar-refractivity contribution in [2.75, 3.05) is 11.9 Å². The van der Waals surface area contributed by atoms with Gasteiger partial charge >= 0.3 is 0 Å². The van der Waals surface area contributed by atoms with E-state index < -0.39 is 0 Å². The Labute approximate surface area is 146 Å². The number of hydrogen-bond donors (Lipinski definition) is 2. The molecule has 0 aliphatic heterocycles. The van der Waals surface area contributed by atoms with Crippen LogP contribution in [-0.2, 0) is 6.54 Å². The van der Waals surface area contributed by atoms with E-state index in [-0.39, 0.29) is 12.4 Å². The molecule has 2 rings (SSSR count). The molecule has 0 spiro atoms. The van der Waals surface area contributed by atoms with Gasteiger partial charge in [0.1, 0.15) is 5.82 Å². The molecule has 7 heteroatoms. The van der Waals surface area contributed by atoms with Crippen molar-refractivity contribution in [3.8, 4) is 0 Å². The van der Waals surface area contributed by atoms with E-state index in [9.17, 15) is 4.39 Å². The summed E-state index contributed by atoms with van der Waals surface area (Å²) in [7, 11) is 0. The quantitative estimate of drug-likeness (QED) is 0.797. The number of thiocarbonyl (C=S) groups is 1. The van der Waals surface area contributed by atoms with Crippen LogP contribution in [0.4, 0.5) is 10.2 Å². The number of benzene rings is 1. The maximum atomic E-state index is 13.9. The first-order valence-corrected chi connectivity index (χ1v) is 8.17. The molecule has 0 radical (unpaired) electrons. The highest BCUT2D eigenvalue weighted by molar-refractivity contribution is 7.80. The molecular weight excluding hydrogens is 335 g/mol. The van der Waals surface area contributed by atoms with Gasteiger partial charge in [0, 0.05) is 28.9 Å². The lowest BCUT2D eigenvalue weighted by atomic mass is 10.2. The minimum absolute atomic E-state index is 0.269. The molecule has 1 aromatic heterocycles. The van der Waals surface area contributed by atoms with Gasteiger partial charge in [-0.3, -0.25) is 4.68 Å². The monoisotopic (exact) mass is 354 g/mol. The second-order valence-corrected chi connectivity index (χ2v) is 6.57. The molecule has 0 fully saturated rings. The number of rotatable bonds is 5. The molecule has 1 aromatic carbocycles. The van der Waals surface area contributed by atoms with E-state index in [1.54, 1.807) is 16.8 Å². The lowest BCUT2D eigenvalue weighted by Gasteiger charge is -2.10. The summed E-state index contributed by atoms with van der Waals surface area (Å²) in [6.07, 6.45) is 0. The minimum Gasteiger partial charge on any atom is -0.362 e. The second-order valence-electron chi connectivity index (χ2n) is 5.76. The van der Waals surface area contributed by atoms with E-state index in [2.05, 4.69) is 29.6 Å². The third-order valence-electron chi connectivity index (χ3n) is 3.26. The third-order valence-corrected chi connectivity index (χ3v) is 3.86. The van der Waals surface area contributed by atoms with Gasteiger partial charge in [-0.25, -0.2) is 4.39 Å². The molecule has 0 amide bonds. The highest BCUT2D eigenvalue weighted by Gasteiger charge is 2.11. The van der Waals surface area contributed by atoms with Gasteiger partial charge in [0.25, 0.3) is 0 Å². The molecule has 2 aromatic rings. The smallest absolute Gasteiger partial charge is 0.171 e. The van der Waals surface area contributed by atoms with Gasteiger partial charge < -0.3 is 10.6 Å². The number of hydrogen-bond acceptors (Lipinski definition) is 2. The van der Waals surface area contributed by atoms with Crippen molar-refractivity contribution >= 4 is 34.7 Å². The molecule has 0 saturated carbocycles. The molecule has 124 valence electrons. The summed E-state index contributed by atoms with van der Waals surface area (Å²) in [5, 5.41) is 11.5. The minimum atomic E-state index is -0.337. The molecule has 0 aliphatic carbocycles. The maximum absolute atomic E-state index is 13.9. The van der Waals surface area contributed by atoms with Gasteiger partial charge in [-0.2, -0.15) is 5.10 Å². The normalized spacial score (nSPS) is 10.9. The average Bonchev–Trinajstić information content (AvgIpc) is 2.80. The predicted octanol–water partition coefficient (Wildman–Crippen LogP) is 3.97. The Hall–Kier alpha value is -1.66. The third kappa shape index (κ3) is 4.91. The van der Waals surface area contributed by atoms with E-state index >= 15 is 0 Å². The van der Waals surface area contributed by atoms with Crippen LogP contribution in [0.5, 0.6) is 0 Å². The van der Waals surface area contributed by atoms with Crippen LogP contribution in [0.3, 0.4) is 0 Å². The van der Waals surface area contributed by atoms with Crippen molar-refractivity contribution < 1.29 is 4.39 Å².